The molecule has 2 heteroatoms. The lowest BCUT2D eigenvalue weighted by Gasteiger charge is -2.18. The van der Waals surface area contributed by atoms with Crippen LogP contribution in [0.5, 0.6) is 0 Å². The second-order valence-corrected chi connectivity index (χ2v) is 4.65. The van der Waals surface area contributed by atoms with Gasteiger partial charge in [0.05, 0.1) is 0 Å². The Morgan fingerprint density at radius 2 is 2.13 bits per heavy atom. The molecule has 0 aromatic heterocycles. The maximum Gasteiger partial charge on any atom is 0.0329 e. The molecule has 1 heterocycles. The second-order valence-electron chi connectivity index (χ2n) is 4.65. The first-order valence-corrected chi connectivity index (χ1v) is 5.98. The predicted molar refractivity (Wildman–Crippen MR) is 61.9 cm³/mol. The molecule has 0 bridgehead atoms. The Kier molecular flexibility index (Phi) is 2.47. The van der Waals surface area contributed by atoms with E-state index < -0.39 is 0 Å². The molecule has 0 saturated carbocycles. The zero-order valence-electron chi connectivity index (χ0n) is 9.00. The lowest BCUT2D eigenvalue weighted by atomic mass is 10.1. The third-order valence-corrected chi connectivity index (χ3v) is 3.63. The van der Waals surface area contributed by atoms with Crippen molar-refractivity contribution >= 4 is 0 Å². The first-order chi connectivity index (χ1) is 7.43. The van der Waals surface area contributed by atoms with Crippen LogP contribution in [0.4, 0.5) is 0 Å². The van der Waals surface area contributed by atoms with E-state index in [0.29, 0.717) is 12.1 Å². The molecule has 0 spiro atoms. The van der Waals surface area contributed by atoms with E-state index in [1.54, 1.807) is 5.56 Å². The third kappa shape index (κ3) is 1.80. The molecule has 1 aromatic rings. The molecule has 1 aliphatic heterocycles. The molecule has 80 valence electrons. The lowest BCUT2D eigenvalue weighted by molar-refractivity contribution is 0.452. The van der Waals surface area contributed by atoms with Gasteiger partial charge in [-0.15, -0.1) is 0 Å². The van der Waals surface area contributed by atoms with Crippen LogP contribution >= 0.6 is 0 Å². The molecule has 1 saturated heterocycles. The summed E-state index contributed by atoms with van der Waals surface area (Å²) >= 11 is 0. The Balaban J connectivity index is 1.73. The fraction of sp³-hybridized carbons (Fsp3) is 0.538. The molecule has 1 aliphatic carbocycles. The summed E-state index contributed by atoms with van der Waals surface area (Å²) in [5.74, 6) is 0. The Labute approximate surface area is 91.1 Å². The Bertz CT molecular complexity index is 342. The monoisotopic (exact) mass is 202 g/mol. The SMILES string of the molecule is c1ccc2c(c1)CCC2NC1CCNC1. The first-order valence-electron chi connectivity index (χ1n) is 5.98. The van der Waals surface area contributed by atoms with Crippen molar-refractivity contribution in [3.05, 3.63) is 35.4 Å². The van der Waals surface area contributed by atoms with Crippen LogP contribution in [0, 0.1) is 0 Å². The minimum atomic E-state index is 0.603. The standard InChI is InChI=1S/C13H18N2/c1-2-4-12-10(3-1)5-6-13(12)15-11-7-8-14-9-11/h1-4,11,13-15H,5-9H2. The predicted octanol–water partition coefficient (Wildman–Crippen LogP) is 1.63. The fourth-order valence-corrected chi connectivity index (χ4v) is 2.81. The number of hydrogen-bond acceptors (Lipinski definition) is 2. The summed E-state index contributed by atoms with van der Waals surface area (Å²) in [7, 11) is 0. The van der Waals surface area contributed by atoms with Gasteiger partial charge in [0.25, 0.3) is 0 Å². The van der Waals surface area contributed by atoms with Gasteiger partial charge in [-0.25, -0.2) is 0 Å². The molecule has 1 aromatic carbocycles. The Morgan fingerprint density at radius 3 is 3.00 bits per heavy atom. The van der Waals surface area contributed by atoms with Crippen molar-refractivity contribution in [2.75, 3.05) is 13.1 Å². The maximum atomic E-state index is 3.77. The molecule has 2 unspecified atom stereocenters. The van der Waals surface area contributed by atoms with Crippen molar-refractivity contribution in [1.82, 2.24) is 10.6 Å². The smallest absolute Gasteiger partial charge is 0.0329 e. The normalized spacial score (nSPS) is 29.3. The Morgan fingerprint density at radius 1 is 1.20 bits per heavy atom. The van der Waals surface area contributed by atoms with Crippen LogP contribution in [0.2, 0.25) is 0 Å². The van der Waals surface area contributed by atoms with Crippen molar-refractivity contribution in [3.8, 4) is 0 Å². The number of benzene rings is 1. The lowest BCUT2D eigenvalue weighted by Crippen LogP contribution is -2.33. The minimum absolute atomic E-state index is 0.603. The first kappa shape index (κ1) is 9.37. The molecule has 2 aliphatic rings. The van der Waals surface area contributed by atoms with Crippen molar-refractivity contribution in [2.24, 2.45) is 0 Å². The molecule has 1 fully saturated rings. The summed E-state index contributed by atoms with van der Waals surface area (Å²) in [6.07, 6.45) is 3.79. The van der Waals surface area contributed by atoms with Gasteiger partial charge in [0.15, 0.2) is 0 Å². The molecular weight excluding hydrogens is 184 g/mol. The van der Waals surface area contributed by atoms with Gasteiger partial charge in [-0.1, -0.05) is 24.3 Å². The number of fused-ring (bicyclic) bond motifs is 1. The van der Waals surface area contributed by atoms with E-state index in [-0.39, 0.29) is 0 Å². The van der Waals surface area contributed by atoms with Gasteiger partial charge in [-0.05, 0) is 36.9 Å². The number of hydrogen-bond donors (Lipinski definition) is 2. The summed E-state index contributed by atoms with van der Waals surface area (Å²) in [6.45, 7) is 2.31. The minimum Gasteiger partial charge on any atom is -0.315 e. The zero-order valence-corrected chi connectivity index (χ0v) is 9.00. The summed E-state index contributed by atoms with van der Waals surface area (Å²) in [5, 5.41) is 7.18. The van der Waals surface area contributed by atoms with Crippen molar-refractivity contribution in [3.63, 3.8) is 0 Å². The molecule has 3 rings (SSSR count). The van der Waals surface area contributed by atoms with Crippen LogP contribution in [0.15, 0.2) is 24.3 Å². The van der Waals surface area contributed by atoms with Gasteiger partial charge < -0.3 is 10.6 Å². The topological polar surface area (TPSA) is 24.1 Å². The highest BCUT2D eigenvalue weighted by molar-refractivity contribution is 5.34. The molecular formula is C13H18N2. The van der Waals surface area contributed by atoms with Crippen molar-refractivity contribution < 1.29 is 0 Å². The van der Waals surface area contributed by atoms with E-state index in [1.165, 1.54) is 31.4 Å². The van der Waals surface area contributed by atoms with E-state index in [0.717, 1.165) is 6.54 Å². The van der Waals surface area contributed by atoms with Crippen LogP contribution < -0.4 is 10.6 Å². The largest absolute Gasteiger partial charge is 0.315 e. The summed E-state index contributed by atoms with van der Waals surface area (Å²) in [5.41, 5.74) is 3.07. The van der Waals surface area contributed by atoms with Crippen LogP contribution in [0.25, 0.3) is 0 Å². The summed E-state index contributed by atoms with van der Waals surface area (Å²) in [6, 6.07) is 10.1. The highest BCUT2D eigenvalue weighted by Crippen LogP contribution is 2.31. The van der Waals surface area contributed by atoms with Gasteiger partial charge >= 0.3 is 0 Å². The van der Waals surface area contributed by atoms with Crippen LogP contribution in [0.1, 0.15) is 30.0 Å². The number of rotatable bonds is 2. The molecule has 2 atom stereocenters. The molecule has 0 amide bonds. The zero-order chi connectivity index (χ0) is 10.1. The molecule has 2 N–H and O–H groups in total. The van der Waals surface area contributed by atoms with Gasteiger partial charge in [-0.2, -0.15) is 0 Å². The highest BCUT2D eigenvalue weighted by atomic mass is 15.0. The molecule has 0 radical (unpaired) electrons. The second kappa shape index (κ2) is 3.95. The van der Waals surface area contributed by atoms with E-state index >= 15 is 0 Å². The third-order valence-electron chi connectivity index (χ3n) is 3.63. The fourth-order valence-electron chi connectivity index (χ4n) is 2.81. The number of nitrogens with one attached hydrogen (secondary N) is 2. The van der Waals surface area contributed by atoms with Gasteiger partial charge in [0, 0.05) is 18.6 Å². The van der Waals surface area contributed by atoms with Crippen molar-refractivity contribution in [1.29, 1.82) is 0 Å². The molecule has 15 heavy (non-hydrogen) atoms. The number of aryl methyl sites for hydroxylation is 1. The van der Waals surface area contributed by atoms with Crippen molar-refractivity contribution in [2.45, 2.75) is 31.3 Å². The van der Waals surface area contributed by atoms with E-state index in [4.69, 9.17) is 0 Å². The molecule has 2 nitrogen and oxygen atoms in total. The van der Waals surface area contributed by atoms with Gasteiger partial charge in [0.1, 0.15) is 0 Å². The quantitative estimate of drug-likeness (QED) is 0.761. The van der Waals surface area contributed by atoms with Gasteiger partial charge in [0.2, 0.25) is 0 Å². The summed E-state index contributed by atoms with van der Waals surface area (Å²) < 4.78 is 0. The highest BCUT2D eigenvalue weighted by Gasteiger charge is 2.25. The van der Waals surface area contributed by atoms with E-state index in [2.05, 4.69) is 34.9 Å². The summed E-state index contributed by atoms with van der Waals surface area (Å²) in [4.78, 5) is 0. The van der Waals surface area contributed by atoms with Crippen LogP contribution in [-0.2, 0) is 6.42 Å². The average Bonchev–Trinajstić information content (AvgIpc) is 2.89. The maximum absolute atomic E-state index is 3.77. The Hall–Kier alpha value is -0.860. The van der Waals surface area contributed by atoms with Crippen LogP contribution in [0.3, 0.4) is 0 Å². The van der Waals surface area contributed by atoms with Crippen LogP contribution in [-0.4, -0.2) is 19.1 Å². The van der Waals surface area contributed by atoms with Gasteiger partial charge in [-0.3, -0.25) is 0 Å². The van der Waals surface area contributed by atoms with E-state index in [1.807, 2.05) is 0 Å². The van der Waals surface area contributed by atoms with E-state index in [9.17, 15) is 0 Å². The average molecular weight is 202 g/mol.